The Morgan fingerprint density at radius 3 is 2.88 bits per heavy atom. The number of likely N-dealkylation sites (tertiary alicyclic amines) is 1. The van der Waals surface area contributed by atoms with Crippen LogP contribution in [0.5, 0.6) is 0 Å². The number of piperidine rings is 1. The molecule has 1 aliphatic rings. The molecule has 0 aromatic carbocycles. The van der Waals surface area contributed by atoms with E-state index >= 15 is 0 Å². The predicted octanol–water partition coefficient (Wildman–Crippen LogP) is 2.01. The molecule has 1 N–H and O–H groups in total. The average Bonchev–Trinajstić information content (AvgIpc) is 2.32. The summed E-state index contributed by atoms with van der Waals surface area (Å²) < 4.78 is 0. The molecule has 4 heteroatoms. The van der Waals surface area contributed by atoms with Gasteiger partial charge in [0.2, 0.25) is 0 Å². The molecule has 0 unspecified atom stereocenters. The largest absolute Gasteiger partial charge is 0.478 e. The number of nitrogens with zero attached hydrogens (tertiary/aromatic N) is 2. The third-order valence-electron chi connectivity index (χ3n) is 3.33. The second-order valence-corrected chi connectivity index (χ2v) is 4.80. The van der Waals surface area contributed by atoms with Crippen LogP contribution in [0, 0.1) is 5.92 Å². The third-order valence-corrected chi connectivity index (χ3v) is 3.33. The Bertz CT molecular complexity index is 398. The van der Waals surface area contributed by atoms with Crippen molar-refractivity contribution in [3.63, 3.8) is 0 Å². The summed E-state index contributed by atoms with van der Waals surface area (Å²) in [5, 5.41) is 8.91. The number of carboxylic acids is 1. The molecule has 1 aromatic heterocycles. The monoisotopic (exact) mass is 234 g/mol. The maximum atomic E-state index is 10.8. The number of carbonyl (C=O) groups is 1. The fraction of sp³-hybridized carbons (Fsp3) is 0.538. The second-order valence-electron chi connectivity index (χ2n) is 4.80. The van der Waals surface area contributed by atoms with E-state index in [4.69, 9.17) is 5.11 Å². The molecular weight excluding hydrogens is 216 g/mol. The van der Waals surface area contributed by atoms with Gasteiger partial charge in [0.15, 0.2) is 0 Å². The molecule has 0 saturated carbocycles. The van der Waals surface area contributed by atoms with Crippen molar-refractivity contribution < 1.29 is 9.90 Å². The predicted molar refractivity (Wildman–Crippen MR) is 64.9 cm³/mol. The van der Waals surface area contributed by atoms with Gasteiger partial charge in [0.25, 0.3) is 0 Å². The van der Waals surface area contributed by atoms with Gasteiger partial charge in [-0.2, -0.15) is 0 Å². The summed E-state index contributed by atoms with van der Waals surface area (Å²) in [4.78, 5) is 17.4. The number of aromatic nitrogens is 1. The fourth-order valence-corrected chi connectivity index (χ4v) is 2.15. The smallest absolute Gasteiger partial charge is 0.335 e. The van der Waals surface area contributed by atoms with Crippen LogP contribution in [-0.2, 0) is 6.54 Å². The Labute approximate surface area is 101 Å². The first-order chi connectivity index (χ1) is 8.15. The molecule has 1 aromatic rings. The topological polar surface area (TPSA) is 53.4 Å². The normalized spacial score (nSPS) is 18.2. The van der Waals surface area contributed by atoms with Crippen LogP contribution in [0.4, 0.5) is 0 Å². The summed E-state index contributed by atoms with van der Waals surface area (Å²) in [6.45, 7) is 5.20. The molecule has 1 aliphatic heterocycles. The zero-order valence-corrected chi connectivity index (χ0v) is 10.1. The van der Waals surface area contributed by atoms with Gasteiger partial charge in [-0.25, -0.2) is 4.79 Å². The standard InChI is InChI=1S/C13H18N2O2/c1-10-3-6-15(7-4-10)9-12-8-11(13(16)17)2-5-14-12/h2,5,8,10H,3-4,6-7,9H2,1H3,(H,16,17). The minimum atomic E-state index is -0.888. The van der Waals surface area contributed by atoms with Crippen molar-refractivity contribution >= 4 is 5.97 Å². The lowest BCUT2D eigenvalue weighted by Crippen LogP contribution is -2.32. The van der Waals surface area contributed by atoms with Gasteiger partial charge >= 0.3 is 5.97 Å². The molecule has 0 atom stereocenters. The van der Waals surface area contributed by atoms with E-state index < -0.39 is 5.97 Å². The van der Waals surface area contributed by atoms with Crippen molar-refractivity contribution in [2.45, 2.75) is 26.3 Å². The van der Waals surface area contributed by atoms with E-state index in [1.54, 1.807) is 12.3 Å². The van der Waals surface area contributed by atoms with Gasteiger partial charge in [-0.1, -0.05) is 6.92 Å². The molecule has 2 rings (SSSR count). The van der Waals surface area contributed by atoms with Crippen LogP contribution < -0.4 is 0 Å². The number of pyridine rings is 1. The summed E-state index contributed by atoms with van der Waals surface area (Å²) in [6, 6.07) is 3.20. The van der Waals surface area contributed by atoms with Crippen LogP contribution in [0.25, 0.3) is 0 Å². The first-order valence-electron chi connectivity index (χ1n) is 6.05. The molecule has 17 heavy (non-hydrogen) atoms. The van der Waals surface area contributed by atoms with Gasteiger partial charge in [0.05, 0.1) is 11.3 Å². The summed E-state index contributed by atoms with van der Waals surface area (Å²) >= 11 is 0. The van der Waals surface area contributed by atoms with Gasteiger partial charge in [-0.3, -0.25) is 9.88 Å². The van der Waals surface area contributed by atoms with E-state index in [1.165, 1.54) is 18.9 Å². The highest BCUT2D eigenvalue weighted by Crippen LogP contribution is 2.17. The molecule has 0 radical (unpaired) electrons. The number of aromatic carboxylic acids is 1. The number of carboxylic acid groups (broad SMARTS) is 1. The summed E-state index contributed by atoms with van der Waals surface area (Å²) in [5.74, 6) is -0.0783. The summed E-state index contributed by atoms with van der Waals surface area (Å²) in [5.41, 5.74) is 1.17. The maximum absolute atomic E-state index is 10.8. The van der Waals surface area contributed by atoms with Gasteiger partial charge in [-0.15, -0.1) is 0 Å². The van der Waals surface area contributed by atoms with Crippen molar-refractivity contribution in [3.05, 3.63) is 29.6 Å². The number of hydrogen-bond donors (Lipinski definition) is 1. The van der Waals surface area contributed by atoms with Crippen LogP contribution in [0.2, 0.25) is 0 Å². The molecule has 0 aliphatic carbocycles. The van der Waals surface area contributed by atoms with E-state index in [0.29, 0.717) is 5.56 Å². The zero-order chi connectivity index (χ0) is 12.3. The molecular formula is C13H18N2O2. The lowest BCUT2D eigenvalue weighted by molar-refractivity contribution is 0.0696. The Kier molecular flexibility index (Phi) is 3.74. The minimum Gasteiger partial charge on any atom is -0.478 e. The van der Waals surface area contributed by atoms with Crippen molar-refractivity contribution in [1.82, 2.24) is 9.88 Å². The summed E-state index contributed by atoms with van der Waals surface area (Å²) in [6.07, 6.45) is 4.02. The quantitative estimate of drug-likeness (QED) is 0.869. The van der Waals surface area contributed by atoms with Crippen molar-refractivity contribution in [3.8, 4) is 0 Å². The molecule has 1 fully saturated rings. The minimum absolute atomic E-state index is 0.320. The molecule has 0 spiro atoms. The Morgan fingerprint density at radius 1 is 1.53 bits per heavy atom. The van der Waals surface area contributed by atoms with Gasteiger partial charge in [0.1, 0.15) is 0 Å². The Hall–Kier alpha value is -1.42. The lowest BCUT2D eigenvalue weighted by Gasteiger charge is -2.29. The van der Waals surface area contributed by atoms with Crippen molar-refractivity contribution in [2.24, 2.45) is 5.92 Å². The molecule has 0 bridgehead atoms. The Balaban J connectivity index is 1.98. The van der Waals surface area contributed by atoms with Gasteiger partial charge in [0, 0.05) is 12.7 Å². The SMILES string of the molecule is CC1CCN(Cc2cc(C(=O)O)ccn2)CC1. The van der Waals surface area contributed by atoms with E-state index in [-0.39, 0.29) is 0 Å². The van der Waals surface area contributed by atoms with Gasteiger partial charge < -0.3 is 5.11 Å². The van der Waals surface area contributed by atoms with Gasteiger partial charge in [-0.05, 0) is 44.0 Å². The number of rotatable bonds is 3. The average molecular weight is 234 g/mol. The molecule has 2 heterocycles. The van der Waals surface area contributed by atoms with Crippen LogP contribution >= 0.6 is 0 Å². The van der Waals surface area contributed by atoms with E-state index in [0.717, 1.165) is 31.2 Å². The van der Waals surface area contributed by atoms with E-state index in [2.05, 4.69) is 16.8 Å². The molecule has 0 amide bonds. The highest BCUT2D eigenvalue weighted by atomic mass is 16.4. The number of hydrogen-bond acceptors (Lipinski definition) is 3. The zero-order valence-electron chi connectivity index (χ0n) is 10.1. The first kappa shape index (κ1) is 12.0. The fourth-order valence-electron chi connectivity index (χ4n) is 2.15. The maximum Gasteiger partial charge on any atom is 0.335 e. The van der Waals surface area contributed by atoms with E-state index in [9.17, 15) is 4.79 Å². The van der Waals surface area contributed by atoms with Crippen molar-refractivity contribution in [1.29, 1.82) is 0 Å². The third kappa shape index (κ3) is 3.27. The Morgan fingerprint density at radius 2 is 2.24 bits per heavy atom. The summed E-state index contributed by atoms with van der Waals surface area (Å²) in [7, 11) is 0. The van der Waals surface area contributed by atoms with Crippen molar-refractivity contribution in [2.75, 3.05) is 13.1 Å². The molecule has 92 valence electrons. The van der Waals surface area contributed by atoms with E-state index in [1.807, 2.05) is 0 Å². The van der Waals surface area contributed by atoms with Crippen LogP contribution in [0.3, 0.4) is 0 Å². The highest BCUT2D eigenvalue weighted by Gasteiger charge is 2.16. The molecule has 4 nitrogen and oxygen atoms in total. The van der Waals surface area contributed by atoms with Crippen LogP contribution in [-0.4, -0.2) is 34.0 Å². The first-order valence-corrected chi connectivity index (χ1v) is 6.05. The van der Waals surface area contributed by atoms with Crippen LogP contribution in [0.15, 0.2) is 18.3 Å². The lowest BCUT2D eigenvalue weighted by atomic mass is 9.99. The molecule has 1 saturated heterocycles. The second kappa shape index (κ2) is 5.27. The van der Waals surface area contributed by atoms with Crippen LogP contribution in [0.1, 0.15) is 35.8 Å². The highest BCUT2D eigenvalue weighted by molar-refractivity contribution is 5.87.